The summed E-state index contributed by atoms with van der Waals surface area (Å²) < 4.78 is 26.6. The van der Waals surface area contributed by atoms with E-state index in [4.69, 9.17) is 5.11 Å². The third-order valence-corrected chi connectivity index (χ3v) is 3.02. The number of hydrogen-bond acceptors (Lipinski definition) is 2. The second-order valence-electron chi connectivity index (χ2n) is 4.33. The summed E-state index contributed by atoms with van der Waals surface area (Å²) in [4.78, 5) is 22.6. The van der Waals surface area contributed by atoms with E-state index < -0.39 is 35.1 Å². The van der Waals surface area contributed by atoms with Gasteiger partial charge >= 0.3 is 11.9 Å². The van der Waals surface area contributed by atoms with Gasteiger partial charge in [0.2, 0.25) is 0 Å². The molecule has 0 bridgehead atoms. The summed E-state index contributed by atoms with van der Waals surface area (Å²) in [6, 6.07) is 7.98. The number of aromatic carboxylic acids is 1. The zero-order valence-electron chi connectivity index (χ0n) is 10.6. The SMILES string of the molecule is O=C(O)c1c(F)cccc1C(C(=O)O)c1ccc(F)cc1. The number of halogens is 2. The van der Waals surface area contributed by atoms with Crippen molar-refractivity contribution in [1.29, 1.82) is 0 Å². The molecule has 2 N–H and O–H groups in total. The Morgan fingerprint density at radius 1 is 0.952 bits per heavy atom. The van der Waals surface area contributed by atoms with Crippen molar-refractivity contribution in [2.45, 2.75) is 5.92 Å². The maximum absolute atomic E-state index is 13.7. The van der Waals surface area contributed by atoms with Crippen LogP contribution in [0.3, 0.4) is 0 Å². The highest BCUT2D eigenvalue weighted by Crippen LogP contribution is 2.29. The van der Waals surface area contributed by atoms with Crippen LogP contribution in [0.25, 0.3) is 0 Å². The van der Waals surface area contributed by atoms with Crippen LogP contribution in [0.1, 0.15) is 27.4 Å². The molecule has 0 aromatic heterocycles. The summed E-state index contributed by atoms with van der Waals surface area (Å²) in [6.07, 6.45) is 0. The normalized spacial score (nSPS) is 11.9. The van der Waals surface area contributed by atoms with E-state index >= 15 is 0 Å². The Bertz CT molecular complexity index is 695. The van der Waals surface area contributed by atoms with E-state index in [0.29, 0.717) is 0 Å². The minimum absolute atomic E-state index is 0.164. The average molecular weight is 292 g/mol. The van der Waals surface area contributed by atoms with Gasteiger partial charge in [-0.25, -0.2) is 13.6 Å². The number of benzene rings is 2. The van der Waals surface area contributed by atoms with Gasteiger partial charge in [0, 0.05) is 0 Å². The molecule has 0 saturated heterocycles. The number of hydrogen-bond donors (Lipinski definition) is 2. The van der Waals surface area contributed by atoms with Crippen LogP contribution in [-0.4, -0.2) is 22.2 Å². The predicted molar refractivity (Wildman–Crippen MR) is 69.2 cm³/mol. The minimum Gasteiger partial charge on any atom is -0.481 e. The maximum atomic E-state index is 13.7. The van der Waals surface area contributed by atoms with E-state index in [1.54, 1.807) is 0 Å². The minimum atomic E-state index is -1.56. The summed E-state index contributed by atoms with van der Waals surface area (Å²) in [6.45, 7) is 0. The summed E-state index contributed by atoms with van der Waals surface area (Å²) in [5.41, 5.74) is -0.729. The van der Waals surface area contributed by atoms with Crippen LogP contribution in [0.5, 0.6) is 0 Å². The topological polar surface area (TPSA) is 74.6 Å². The third kappa shape index (κ3) is 2.89. The molecule has 2 aromatic carbocycles. The lowest BCUT2D eigenvalue weighted by Crippen LogP contribution is -2.18. The first-order valence-electron chi connectivity index (χ1n) is 5.91. The molecule has 6 heteroatoms. The molecular weight excluding hydrogens is 282 g/mol. The molecule has 21 heavy (non-hydrogen) atoms. The molecule has 0 spiro atoms. The van der Waals surface area contributed by atoms with Crippen molar-refractivity contribution < 1.29 is 28.6 Å². The highest BCUT2D eigenvalue weighted by molar-refractivity contribution is 5.93. The Morgan fingerprint density at radius 3 is 2.10 bits per heavy atom. The fourth-order valence-corrected chi connectivity index (χ4v) is 2.12. The van der Waals surface area contributed by atoms with Gasteiger partial charge in [-0.1, -0.05) is 24.3 Å². The van der Waals surface area contributed by atoms with Crippen molar-refractivity contribution in [1.82, 2.24) is 0 Å². The van der Waals surface area contributed by atoms with E-state index in [0.717, 1.165) is 18.2 Å². The first-order chi connectivity index (χ1) is 9.91. The monoisotopic (exact) mass is 292 g/mol. The number of carboxylic acid groups (broad SMARTS) is 2. The van der Waals surface area contributed by atoms with Gasteiger partial charge in [0.25, 0.3) is 0 Å². The molecule has 0 radical (unpaired) electrons. The first kappa shape index (κ1) is 14.6. The van der Waals surface area contributed by atoms with Gasteiger partial charge in [0.1, 0.15) is 17.6 Å². The molecular formula is C15H10F2O4. The molecule has 0 aliphatic rings. The fourth-order valence-electron chi connectivity index (χ4n) is 2.12. The van der Waals surface area contributed by atoms with Gasteiger partial charge < -0.3 is 10.2 Å². The van der Waals surface area contributed by atoms with Crippen LogP contribution in [0.2, 0.25) is 0 Å². The maximum Gasteiger partial charge on any atom is 0.339 e. The van der Waals surface area contributed by atoms with Crippen LogP contribution in [0.15, 0.2) is 42.5 Å². The van der Waals surface area contributed by atoms with Gasteiger partial charge in [-0.2, -0.15) is 0 Å². The molecule has 0 aliphatic heterocycles. The van der Waals surface area contributed by atoms with Gasteiger partial charge in [-0.3, -0.25) is 4.79 Å². The fraction of sp³-hybridized carbons (Fsp3) is 0.0667. The molecule has 4 nitrogen and oxygen atoms in total. The van der Waals surface area contributed by atoms with E-state index in [2.05, 4.69) is 0 Å². The van der Waals surface area contributed by atoms with Crippen LogP contribution in [0.4, 0.5) is 8.78 Å². The second kappa shape index (κ2) is 5.70. The highest BCUT2D eigenvalue weighted by atomic mass is 19.1. The smallest absolute Gasteiger partial charge is 0.339 e. The lowest BCUT2D eigenvalue weighted by atomic mass is 9.88. The van der Waals surface area contributed by atoms with Crippen LogP contribution in [0, 0.1) is 11.6 Å². The van der Waals surface area contributed by atoms with Gasteiger partial charge in [0.15, 0.2) is 0 Å². The summed E-state index contributed by atoms with van der Waals surface area (Å²) in [5.74, 6) is -5.88. The summed E-state index contributed by atoms with van der Waals surface area (Å²) in [5, 5.41) is 18.4. The highest BCUT2D eigenvalue weighted by Gasteiger charge is 2.28. The predicted octanol–water partition coefficient (Wildman–Crippen LogP) is 2.88. The number of aliphatic carboxylic acids is 1. The van der Waals surface area contributed by atoms with Crippen molar-refractivity contribution in [3.8, 4) is 0 Å². The lowest BCUT2D eigenvalue weighted by Gasteiger charge is -2.16. The van der Waals surface area contributed by atoms with Gasteiger partial charge in [-0.15, -0.1) is 0 Å². The molecule has 0 aliphatic carbocycles. The Morgan fingerprint density at radius 2 is 1.57 bits per heavy atom. The van der Waals surface area contributed by atoms with Crippen LogP contribution >= 0.6 is 0 Å². The van der Waals surface area contributed by atoms with Crippen molar-refractivity contribution in [3.63, 3.8) is 0 Å². The van der Waals surface area contributed by atoms with Crippen molar-refractivity contribution in [2.75, 3.05) is 0 Å². The van der Waals surface area contributed by atoms with E-state index in [1.807, 2.05) is 0 Å². The molecule has 108 valence electrons. The number of carboxylic acids is 2. The standard InChI is InChI=1S/C15H10F2O4/c16-9-6-4-8(5-7-9)12(14(18)19)10-2-1-3-11(17)13(10)15(20)21/h1-7,12H,(H,18,19)(H,20,21). The zero-order chi connectivity index (χ0) is 15.6. The molecule has 1 unspecified atom stereocenters. The summed E-state index contributed by atoms with van der Waals surface area (Å²) >= 11 is 0. The van der Waals surface area contributed by atoms with Crippen molar-refractivity contribution in [2.24, 2.45) is 0 Å². The van der Waals surface area contributed by atoms with Crippen molar-refractivity contribution >= 4 is 11.9 Å². The zero-order valence-corrected chi connectivity index (χ0v) is 10.6. The third-order valence-electron chi connectivity index (χ3n) is 3.02. The molecule has 2 aromatic rings. The molecule has 0 heterocycles. The van der Waals surface area contributed by atoms with Gasteiger partial charge in [-0.05, 0) is 29.3 Å². The van der Waals surface area contributed by atoms with Gasteiger partial charge in [0.05, 0.1) is 5.56 Å². The molecule has 0 fully saturated rings. The Balaban J connectivity index is 2.64. The Kier molecular flexibility index (Phi) is 3.98. The Labute approximate surface area is 118 Å². The molecule has 2 rings (SSSR count). The van der Waals surface area contributed by atoms with Crippen molar-refractivity contribution in [3.05, 3.63) is 70.8 Å². The van der Waals surface area contributed by atoms with E-state index in [-0.39, 0.29) is 11.1 Å². The molecule has 0 saturated carbocycles. The first-order valence-corrected chi connectivity index (χ1v) is 5.91. The Hall–Kier alpha value is -2.76. The molecule has 1 atom stereocenters. The second-order valence-corrected chi connectivity index (χ2v) is 4.33. The average Bonchev–Trinajstić information content (AvgIpc) is 2.40. The van der Waals surface area contributed by atoms with Crippen LogP contribution < -0.4 is 0 Å². The number of carbonyl (C=O) groups is 2. The van der Waals surface area contributed by atoms with E-state index in [1.165, 1.54) is 24.3 Å². The summed E-state index contributed by atoms with van der Waals surface area (Å²) in [7, 11) is 0. The lowest BCUT2D eigenvalue weighted by molar-refractivity contribution is -0.137. The number of rotatable bonds is 4. The van der Waals surface area contributed by atoms with Crippen LogP contribution in [-0.2, 0) is 4.79 Å². The van der Waals surface area contributed by atoms with E-state index in [9.17, 15) is 23.5 Å². The quantitative estimate of drug-likeness (QED) is 0.908. The molecule has 0 amide bonds. The largest absolute Gasteiger partial charge is 0.481 e.